The number of hydrogen-bond acceptors (Lipinski definition) is 8. The summed E-state index contributed by atoms with van der Waals surface area (Å²) >= 11 is 14.1. The summed E-state index contributed by atoms with van der Waals surface area (Å²) in [5.74, 6) is -0.107. The first-order chi connectivity index (χ1) is 18.6. The summed E-state index contributed by atoms with van der Waals surface area (Å²) in [4.78, 5) is 14.3. The van der Waals surface area contributed by atoms with Crippen molar-refractivity contribution in [1.29, 1.82) is 0 Å². The highest BCUT2D eigenvalue weighted by Crippen LogP contribution is 2.39. The zero-order valence-corrected chi connectivity index (χ0v) is 25.7. The zero-order valence-electron chi connectivity index (χ0n) is 23.4. The Hall–Kier alpha value is -2.66. The van der Waals surface area contributed by atoms with E-state index in [1.54, 1.807) is 46.8 Å². The Morgan fingerprint density at radius 1 is 1.15 bits per heavy atom. The lowest BCUT2D eigenvalue weighted by molar-refractivity contribution is -0.0637. The van der Waals surface area contributed by atoms with Crippen molar-refractivity contribution < 1.29 is 28.1 Å². The van der Waals surface area contributed by atoms with Crippen LogP contribution in [0.2, 0.25) is 10.0 Å². The molecule has 2 aromatic carbocycles. The summed E-state index contributed by atoms with van der Waals surface area (Å²) < 4.78 is 37.9. The van der Waals surface area contributed by atoms with Gasteiger partial charge in [-0.05, 0) is 72.7 Å². The van der Waals surface area contributed by atoms with E-state index in [0.717, 1.165) is 5.56 Å². The predicted octanol–water partition coefficient (Wildman–Crippen LogP) is 7.86. The highest BCUT2D eigenvalue weighted by molar-refractivity contribution is 7.18. The van der Waals surface area contributed by atoms with E-state index in [0.29, 0.717) is 26.4 Å². The smallest absolute Gasteiger partial charge is 0.413 e. The van der Waals surface area contributed by atoms with Crippen molar-refractivity contribution in [2.45, 2.75) is 71.9 Å². The van der Waals surface area contributed by atoms with Gasteiger partial charge in [0.1, 0.15) is 33.7 Å². The van der Waals surface area contributed by atoms with Gasteiger partial charge in [0.25, 0.3) is 0 Å². The molecule has 3 aromatic rings. The maximum absolute atomic E-state index is 15.2. The van der Waals surface area contributed by atoms with E-state index >= 15 is 4.39 Å². The van der Waals surface area contributed by atoms with Crippen LogP contribution in [0.1, 0.15) is 48.5 Å². The molecule has 0 N–H and O–H groups in total. The van der Waals surface area contributed by atoms with Gasteiger partial charge < -0.3 is 18.9 Å². The van der Waals surface area contributed by atoms with Gasteiger partial charge in [0.15, 0.2) is 11.6 Å². The van der Waals surface area contributed by atoms with Crippen LogP contribution in [-0.2, 0) is 9.47 Å². The van der Waals surface area contributed by atoms with Gasteiger partial charge in [-0.1, -0.05) is 34.5 Å². The molecule has 2 heterocycles. The quantitative estimate of drug-likeness (QED) is 0.269. The molecule has 0 bridgehead atoms. The molecule has 1 amide bonds. The number of amides is 1. The molecule has 0 radical (unpaired) electrons. The van der Waals surface area contributed by atoms with E-state index in [-0.39, 0.29) is 30.1 Å². The van der Waals surface area contributed by atoms with Gasteiger partial charge in [0.05, 0.1) is 28.8 Å². The number of rotatable bonds is 7. The number of carbonyl (C=O) groups is 1. The van der Waals surface area contributed by atoms with E-state index < -0.39 is 29.3 Å². The van der Waals surface area contributed by atoms with Crippen LogP contribution in [0, 0.1) is 5.82 Å². The maximum Gasteiger partial charge on any atom is 0.413 e. The second-order valence-electron chi connectivity index (χ2n) is 11.1. The molecule has 1 atom stereocenters. The molecule has 216 valence electrons. The number of carbonyl (C=O) groups excluding carboxylic acids is 1. The minimum atomic E-state index is -0.905. The van der Waals surface area contributed by atoms with Crippen LogP contribution >= 0.6 is 34.5 Å². The van der Waals surface area contributed by atoms with Crippen LogP contribution in [0.4, 0.5) is 9.18 Å². The monoisotopic (exact) mass is 611 g/mol. The van der Waals surface area contributed by atoms with Crippen LogP contribution < -0.4 is 9.47 Å². The molecule has 4 rings (SSSR count). The molecule has 1 saturated heterocycles. The largest absolute Gasteiger partial charge is 0.489 e. The Kier molecular flexibility index (Phi) is 8.85. The fraction of sp³-hybridized carbons (Fsp3) is 0.464. The average Bonchev–Trinajstić information content (AvgIpc) is 3.43. The third-order valence-corrected chi connectivity index (χ3v) is 7.43. The fourth-order valence-corrected chi connectivity index (χ4v) is 5.50. The summed E-state index contributed by atoms with van der Waals surface area (Å²) in [5, 5.41) is 10.2. The van der Waals surface area contributed by atoms with Crippen molar-refractivity contribution in [3.8, 4) is 32.6 Å². The van der Waals surface area contributed by atoms with Gasteiger partial charge in [-0.2, -0.15) is 0 Å². The number of nitrogens with zero attached hydrogens (tertiary/aromatic N) is 3. The van der Waals surface area contributed by atoms with Gasteiger partial charge in [-0.15, -0.1) is 10.2 Å². The number of hydrogen-bond donors (Lipinski definition) is 0. The second kappa shape index (κ2) is 11.7. The van der Waals surface area contributed by atoms with E-state index in [1.165, 1.54) is 28.4 Å². The number of halogens is 3. The van der Waals surface area contributed by atoms with Crippen molar-refractivity contribution in [3.63, 3.8) is 0 Å². The Morgan fingerprint density at radius 3 is 2.50 bits per heavy atom. The summed E-state index contributed by atoms with van der Waals surface area (Å²) in [7, 11) is 0. The summed E-state index contributed by atoms with van der Waals surface area (Å²) in [6.45, 7) is 12.9. The molecule has 1 unspecified atom stereocenters. The maximum atomic E-state index is 15.2. The lowest BCUT2D eigenvalue weighted by atomic mass is 10.2. The van der Waals surface area contributed by atoms with Crippen LogP contribution in [0.5, 0.6) is 11.5 Å². The van der Waals surface area contributed by atoms with Gasteiger partial charge >= 0.3 is 6.09 Å². The van der Waals surface area contributed by atoms with Crippen molar-refractivity contribution in [2.75, 3.05) is 13.2 Å². The molecular weight excluding hydrogens is 580 g/mol. The van der Waals surface area contributed by atoms with Crippen molar-refractivity contribution in [2.24, 2.45) is 0 Å². The lowest BCUT2D eigenvalue weighted by Gasteiger charge is -2.35. The van der Waals surface area contributed by atoms with Crippen LogP contribution in [-0.4, -0.2) is 57.9 Å². The normalized spacial score (nSPS) is 16.9. The predicted molar refractivity (Wildman–Crippen MR) is 154 cm³/mol. The third kappa shape index (κ3) is 6.97. The van der Waals surface area contributed by atoms with E-state index in [2.05, 4.69) is 10.2 Å². The van der Waals surface area contributed by atoms with Crippen LogP contribution in [0.3, 0.4) is 0 Å². The molecule has 40 heavy (non-hydrogen) atoms. The van der Waals surface area contributed by atoms with Crippen molar-refractivity contribution in [1.82, 2.24) is 15.1 Å². The first-order valence-corrected chi connectivity index (χ1v) is 14.3. The summed E-state index contributed by atoms with van der Waals surface area (Å²) in [6.07, 6.45) is -0.546. The molecule has 1 aliphatic rings. The SMILES string of the molecule is CC(C)Oc1ccc(-c2nnc(-c3cc(F)c(OCC4COC(C)(C)N4C(=O)OC(C)(C)C)cc3Cl)s2)cc1Cl. The van der Waals surface area contributed by atoms with Crippen molar-refractivity contribution in [3.05, 3.63) is 46.2 Å². The molecule has 0 saturated carbocycles. The fourth-order valence-electron chi connectivity index (χ4n) is 4.11. The lowest BCUT2D eigenvalue weighted by Crippen LogP contribution is -2.51. The number of benzene rings is 2. The second-order valence-corrected chi connectivity index (χ2v) is 12.9. The van der Waals surface area contributed by atoms with E-state index in [1.807, 2.05) is 19.9 Å². The van der Waals surface area contributed by atoms with Crippen LogP contribution in [0.25, 0.3) is 21.1 Å². The molecular formula is C28H32Cl2FN3O5S. The van der Waals surface area contributed by atoms with Gasteiger partial charge in [0.2, 0.25) is 0 Å². The molecule has 12 heteroatoms. The summed E-state index contributed by atoms with van der Waals surface area (Å²) in [5.41, 5.74) is -0.462. The van der Waals surface area contributed by atoms with E-state index in [9.17, 15) is 4.79 Å². The van der Waals surface area contributed by atoms with Gasteiger partial charge in [-0.25, -0.2) is 9.18 Å². The molecule has 1 fully saturated rings. The zero-order chi connectivity index (χ0) is 29.4. The Bertz CT molecular complexity index is 1390. The highest BCUT2D eigenvalue weighted by Gasteiger charge is 2.46. The minimum absolute atomic E-state index is 0.0114. The molecule has 1 aromatic heterocycles. The number of aromatic nitrogens is 2. The Balaban J connectivity index is 1.49. The van der Waals surface area contributed by atoms with E-state index in [4.69, 9.17) is 42.1 Å². The first kappa shape index (κ1) is 30.3. The van der Waals surface area contributed by atoms with Crippen LogP contribution in [0.15, 0.2) is 30.3 Å². The minimum Gasteiger partial charge on any atom is -0.489 e. The summed E-state index contributed by atoms with van der Waals surface area (Å²) in [6, 6.07) is 7.52. The average molecular weight is 613 g/mol. The Morgan fingerprint density at radius 2 is 1.85 bits per heavy atom. The molecule has 0 aliphatic carbocycles. The van der Waals surface area contributed by atoms with Gasteiger partial charge in [0, 0.05) is 17.2 Å². The number of ether oxygens (including phenoxy) is 4. The third-order valence-electron chi connectivity index (χ3n) is 5.81. The topological polar surface area (TPSA) is 83.0 Å². The van der Waals surface area contributed by atoms with Crippen molar-refractivity contribution >= 4 is 40.6 Å². The Labute approximate surface area is 247 Å². The molecule has 1 aliphatic heterocycles. The first-order valence-electron chi connectivity index (χ1n) is 12.7. The standard InChI is InChI=1S/C28H32Cl2FN3O5S/c1-15(2)38-22-9-8-16(10-20(22)30)24-32-33-25(40-24)18-11-21(31)23(12-19(18)29)36-13-17-14-37-28(6,7)34(17)26(35)39-27(3,4)5/h8-12,15,17H,13-14H2,1-7H3. The molecule has 0 spiro atoms. The molecule has 8 nitrogen and oxygen atoms in total. The highest BCUT2D eigenvalue weighted by atomic mass is 35.5. The van der Waals surface area contributed by atoms with Gasteiger partial charge in [-0.3, -0.25) is 4.90 Å².